The molecule has 0 fully saturated rings. The quantitative estimate of drug-likeness (QED) is 0.172. The fourth-order valence-corrected chi connectivity index (χ4v) is 8.05. The van der Waals surface area contributed by atoms with E-state index in [-0.39, 0.29) is 0 Å². The summed E-state index contributed by atoms with van der Waals surface area (Å²) in [6.07, 6.45) is 0. The van der Waals surface area contributed by atoms with Gasteiger partial charge in [0.1, 0.15) is 11.2 Å². The molecule has 56 heavy (non-hydrogen) atoms. The minimum atomic E-state index is 0.562. The average Bonchev–Trinajstić information content (AvgIpc) is 3.82. The van der Waals surface area contributed by atoms with E-state index in [1.54, 1.807) is 0 Å². The summed E-state index contributed by atoms with van der Waals surface area (Å²) in [5.41, 5.74) is 12.2. The molecule has 0 unspecified atom stereocenters. The molecule has 0 spiro atoms. The van der Waals surface area contributed by atoms with Gasteiger partial charge in [-0.05, 0) is 58.7 Å². The van der Waals surface area contributed by atoms with E-state index in [0.29, 0.717) is 17.5 Å². The molecule has 3 aromatic heterocycles. The Morgan fingerprint density at radius 1 is 0.357 bits per heavy atom. The van der Waals surface area contributed by atoms with Gasteiger partial charge >= 0.3 is 0 Å². The highest BCUT2D eigenvalue weighted by Crippen LogP contribution is 2.43. The van der Waals surface area contributed by atoms with Crippen LogP contribution in [0, 0.1) is 0 Å². The summed E-state index contributed by atoms with van der Waals surface area (Å²) in [5, 5.41) is 4.46. The molecule has 0 aliphatic carbocycles. The van der Waals surface area contributed by atoms with Crippen molar-refractivity contribution in [1.29, 1.82) is 0 Å². The molecule has 5 nitrogen and oxygen atoms in total. The van der Waals surface area contributed by atoms with Crippen molar-refractivity contribution in [3.05, 3.63) is 194 Å². The van der Waals surface area contributed by atoms with Crippen LogP contribution in [0.15, 0.2) is 199 Å². The van der Waals surface area contributed by atoms with E-state index in [4.69, 9.17) is 19.4 Å². The summed E-state index contributed by atoms with van der Waals surface area (Å²) in [7, 11) is 0. The summed E-state index contributed by atoms with van der Waals surface area (Å²) in [6, 6.07) is 67.5. The number of nitrogens with zero attached hydrogens (tertiary/aromatic N) is 4. The Balaban J connectivity index is 1.13. The molecular weight excluding hydrogens is 685 g/mol. The number of para-hydroxylation sites is 2. The summed E-state index contributed by atoms with van der Waals surface area (Å²) >= 11 is 0. The first kappa shape index (κ1) is 31.9. The third-order valence-corrected chi connectivity index (χ3v) is 10.6. The maximum Gasteiger partial charge on any atom is 0.167 e. The van der Waals surface area contributed by atoms with Gasteiger partial charge in [0.05, 0.1) is 16.6 Å². The zero-order valence-corrected chi connectivity index (χ0v) is 30.2. The molecule has 0 N–H and O–H groups in total. The van der Waals surface area contributed by atoms with Crippen molar-refractivity contribution in [1.82, 2.24) is 19.5 Å². The second-order valence-electron chi connectivity index (χ2n) is 14.0. The largest absolute Gasteiger partial charge is 0.455 e. The first-order chi connectivity index (χ1) is 27.8. The van der Waals surface area contributed by atoms with Crippen molar-refractivity contribution >= 4 is 43.7 Å². The first-order valence-corrected chi connectivity index (χ1v) is 18.8. The van der Waals surface area contributed by atoms with Crippen LogP contribution >= 0.6 is 0 Å². The van der Waals surface area contributed by atoms with Crippen molar-refractivity contribution in [3.63, 3.8) is 0 Å². The predicted octanol–water partition coefficient (Wildman–Crippen LogP) is 13.2. The van der Waals surface area contributed by atoms with Crippen molar-refractivity contribution < 1.29 is 4.42 Å². The Labute approximate surface area is 322 Å². The lowest BCUT2D eigenvalue weighted by Gasteiger charge is -2.12. The van der Waals surface area contributed by atoms with Crippen LogP contribution in [0.3, 0.4) is 0 Å². The topological polar surface area (TPSA) is 56.7 Å². The second-order valence-corrected chi connectivity index (χ2v) is 14.0. The van der Waals surface area contributed by atoms with Crippen LogP contribution in [0.4, 0.5) is 0 Å². The van der Waals surface area contributed by atoms with E-state index in [9.17, 15) is 0 Å². The van der Waals surface area contributed by atoms with E-state index in [2.05, 4.69) is 132 Å². The van der Waals surface area contributed by atoms with Gasteiger partial charge < -0.3 is 8.98 Å². The smallest absolute Gasteiger partial charge is 0.167 e. The molecule has 262 valence electrons. The molecule has 3 heterocycles. The zero-order chi connectivity index (χ0) is 37.0. The van der Waals surface area contributed by atoms with E-state index in [0.717, 1.165) is 60.9 Å². The van der Waals surface area contributed by atoms with E-state index in [1.807, 2.05) is 66.7 Å². The van der Waals surface area contributed by atoms with Crippen LogP contribution in [-0.4, -0.2) is 19.5 Å². The summed E-state index contributed by atoms with van der Waals surface area (Å²) in [4.78, 5) is 15.0. The molecule has 8 aromatic carbocycles. The Kier molecular flexibility index (Phi) is 7.42. The molecule has 11 rings (SSSR count). The number of fused-ring (bicyclic) bond motifs is 6. The number of hydrogen-bond acceptors (Lipinski definition) is 4. The molecule has 0 aliphatic rings. The van der Waals surface area contributed by atoms with Gasteiger partial charge in [-0.3, -0.25) is 0 Å². The van der Waals surface area contributed by atoms with Crippen molar-refractivity contribution in [3.8, 4) is 62.1 Å². The van der Waals surface area contributed by atoms with Gasteiger partial charge in [0.25, 0.3) is 0 Å². The fraction of sp³-hybridized carbons (Fsp3) is 0. The highest BCUT2D eigenvalue weighted by atomic mass is 16.3. The Morgan fingerprint density at radius 2 is 0.929 bits per heavy atom. The van der Waals surface area contributed by atoms with E-state index in [1.165, 1.54) is 27.5 Å². The van der Waals surface area contributed by atoms with Gasteiger partial charge in [-0.25, -0.2) is 15.0 Å². The molecule has 11 aromatic rings. The number of benzene rings is 8. The number of furan rings is 1. The Morgan fingerprint density at radius 3 is 1.61 bits per heavy atom. The molecule has 0 aliphatic heterocycles. The van der Waals surface area contributed by atoms with Crippen molar-refractivity contribution in [2.24, 2.45) is 0 Å². The number of hydrogen-bond donors (Lipinski definition) is 0. The molecule has 0 amide bonds. The third-order valence-electron chi connectivity index (χ3n) is 10.6. The lowest BCUT2D eigenvalue weighted by Crippen LogP contribution is -2.00. The zero-order valence-electron chi connectivity index (χ0n) is 30.2. The van der Waals surface area contributed by atoms with Crippen LogP contribution in [0.1, 0.15) is 0 Å². The van der Waals surface area contributed by atoms with Crippen molar-refractivity contribution in [2.45, 2.75) is 0 Å². The molecule has 0 atom stereocenters. The molecule has 5 heteroatoms. The summed E-state index contributed by atoms with van der Waals surface area (Å²) < 4.78 is 9.24. The maximum atomic E-state index is 6.86. The molecule has 0 saturated heterocycles. The van der Waals surface area contributed by atoms with Gasteiger partial charge in [0.2, 0.25) is 0 Å². The maximum absolute atomic E-state index is 6.86. The van der Waals surface area contributed by atoms with Gasteiger partial charge in [-0.2, -0.15) is 0 Å². The lowest BCUT2D eigenvalue weighted by molar-refractivity contribution is 0.669. The normalized spacial score (nSPS) is 11.6. The molecule has 0 radical (unpaired) electrons. The molecular formula is C51H32N4O. The van der Waals surface area contributed by atoms with Gasteiger partial charge in [0, 0.05) is 44.4 Å². The minimum Gasteiger partial charge on any atom is -0.455 e. The SMILES string of the molecule is c1ccc(-c2cc(-c3ccccc3)c3c4ccccc4n(-c4ccc5c(c4)oc4c(-c6nc(-c7ccccc7)nc(-c7ccccc7)n6)cccc45)c3c2)cc1. The highest BCUT2D eigenvalue weighted by molar-refractivity contribution is 6.17. The van der Waals surface area contributed by atoms with E-state index < -0.39 is 0 Å². The lowest BCUT2D eigenvalue weighted by atomic mass is 9.94. The summed E-state index contributed by atoms with van der Waals surface area (Å²) in [6.45, 7) is 0. The van der Waals surface area contributed by atoms with Crippen LogP contribution in [-0.2, 0) is 0 Å². The van der Waals surface area contributed by atoms with Crippen LogP contribution in [0.5, 0.6) is 0 Å². The third kappa shape index (κ3) is 5.29. The monoisotopic (exact) mass is 716 g/mol. The van der Waals surface area contributed by atoms with Crippen LogP contribution in [0.2, 0.25) is 0 Å². The van der Waals surface area contributed by atoms with Crippen molar-refractivity contribution in [2.75, 3.05) is 0 Å². The summed E-state index contributed by atoms with van der Waals surface area (Å²) in [5.74, 6) is 1.79. The second kappa shape index (κ2) is 13.0. The standard InChI is InChI=1S/C51H32N4O/c1-5-16-33(17-6-1)37-30-43(34-18-7-2-8-19-34)47-41-24-13-14-27-44(41)55(45(47)31-37)38-28-29-39-40-25-15-26-42(48(40)56-46(39)32-38)51-53-49(35-20-9-3-10-21-35)52-50(54-51)36-22-11-4-12-23-36/h1-32H. The number of rotatable bonds is 6. The molecule has 0 saturated carbocycles. The van der Waals surface area contributed by atoms with Gasteiger partial charge in [0.15, 0.2) is 17.5 Å². The highest BCUT2D eigenvalue weighted by Gasteiger charge is 2.21. The minimum absolute atomic E-state index is 0.562. The van der Waals surface area contributed by atoms with E-state index >= 15 is 0 Å². The Bertz CT molecular complexity index is 3170. The predicted molar refractivity (Wildman–Crippen MR) is 229 cm³/mol. The van der Waals surface area contributed by atoms with Crippen LogP contribution in [0.25, 0.3) is 106 Å². The van der Waals surface area contributed by atoms with Gasteiger partial charge in [-0.15, -0.1) is 0 Å². The first-order valence-electron chi connectivity index (χ1n) is 18.8. The van der Waals surface area contributed by atoms with Gasteiger partial charge in [-0.1, -0.05) is 152 Å². The van der Waals surface area contributed by atoms with Crippen LogP contribution < -0.4 is 0 Å². The fourth-order valence-electron chi connectivity index (χ4n) is 8.05. The Hall–Kier alpha value is -7.63. The average molecular weight is 717 g/mol. The molecule has 0 bridgehead atoms. The number of aromatic nitrogens is 4.